The first kappa shape index (κ1) is 12.2. The second-order valence-electron chi connectivity index (χ2n) is 3.68. The highest BCUT2D eigenvalue weighted by Crippen LogP contribution is 2.40. The molecular weight excluding hydrogens is 256 g/mol. The number of halogens is 1. The number of thiophene rings is 1. The number of nitrogens with zero attached hydrogens (tertiary/aromatic N) is 2. The molecule has 0 aromatic carbocycles. The van der Waals surface area contributed by atoms with Gasteiger partial charge in [0.05, 0.1) is 28.1 Å². The van der Waals surface area contributed by atoms with E-state index in [0.717, 1.165) is 16.1 Å². The molecule has 0 aliphatic carbocycles. The van der Waals surface area contributed by atoms with Crippen molar-refractivity contribution in [2.75, 3.05) is 26.1 Å². The van der Waals surface area contributed by atoms with E-state index in [4.69, 9.17) is 16.3 Å². The maximum Gasteiger partial charge on any atom is 0.212 e. The first-order valence-electron chi connectivity index (χ1n) is 5.01. The number of methoxy groups -OCH3 is 1. The lowest BCUT2D eigenvalue weighted by molar-refractivity contribution is 0.398. The van der Waals surface area contributed by atoms with Crippen LogP contribution < -0.4 is 9.64 Å². The van der Waals surface area contributed by atoms with Gasteiger partial charge >= 0.3 is 0 Å². The molecule has 2 rings (SSSR count). The Hall–Kier alpha value is -1.26. The number of pyridine rings is 1. The van der Waals surface area contributed by atoms with Crippen LogP contribution in [0.25, 0.3) is 10.4 Å². The lowest BCUT2D eigenvalue weighted by Gasteiger charge is -2.10. The molecule has 0 aliphatic heterocycles. The third-order valence-electron chi connectivity index (χ3n) is 2.31. The minimum absolute atomic E-state index is 0.596. The van der Waals surface area contributed by atoms with Gasteiger partial charge in [0.1, 0.15) is 0 Å². The van der Waals surface area contributed by atoms with E-state index in [1.165, 1.54) is 11.3 Å². The number of rotatable bonds is 3. The Kier molecular flexibility index (Phi) is 3.54. The standard InChI is InChI=1S/C12H12ClN2OS/c1-15(2)9-7-17-12(11(9)13)8-4-5-10(16-3)14-6-8/h4-6H,1-3H3. The normalized spacial score (nSPS) is 10.4. The SMILES string of the molecule is COc1ccc(-c2s[c]c(N(C)C)c2Cl)cn1. The van der Waals surface area contributed by atoms with Gasteiger partial charge in [-0.15, -0.1) is 11.3 Å². The fourth-order valence-corrected chi connectivity index (χ4v) is 2.81. The van der Waals surface area contributed by atoms with E-state index in [9.17, 15) is 0 Å². The molecule has 0 atom stereocenters. The van der Waals surface area contributed by atoms with Crippen LogP contribution in [0.1, 0.15) is 0 Å². The molecule has 1 radical (unpaired) electrons. The van der Waals surface area contributed by atoms with E-state index in [2.05, 4.69) is 10.4 Å². The molecule has 89 valence electrons. The molecule has 2 heterocycles. The maximum absolute atomic E-state index is 6.31. The maximum atomic E-state index is 6.31. The third kappa shape index (κ3) is 2.37. The number of hydrogen-bond acceptors (Lipinski definition) is 4. The topological polar surface area (TPSA) is 25.4 Å². The van der Waals surface area contributed by atoms with Gasteiger partial charge in [0.15, 0.2) is 0 Å². The molecule has 0 spiro atoms. The summed E-state index contributed by atoms with van der Waals surface area (Å²) in [6.45, 7) is 0. The van der Waals surface area contributed by atoms with E-state index in [1.54, 1.807) is 13.3 Å². The Morgan fingerprint density at radius 3 is 2.65 bits per heavy atom. The van der Waals surface area contributed by atoms with Crippen molar-refractivity contribution in [1.29, 1.82) is 0 Å². The Labute approximate surface area is 110 Å². The Morgan fingerprint density at radius 2 is 2.18 bits per heavy atom. The van der Waals surface area contributed by atoms with Crippen molar-refractivity contribution < 1.29 is 4.74 Å². The molecule has 0 bridgehead atoms. The summed E-state index contributed by atoms with van der Waals surface area (Å²) in [7, 11) is 5.49. The molecule has 3 nitrogen and oxygen atoms in total. The molecule has 0 aliphatic rings. The van der Waals surface area contributed by atoms with E-state index in [-0.39, 0.29) is 0 Å². The first-order chi connectivity index (χ1) is 8.13. The fourth-order valence-electron chi connectivity index (χ4n) is 1.41. The van der Waals surface area contributed by atoms with Crippen molar-refractivity contribution in [3.8, 4) is 16.3 Å². The van der Waals surface area contributed by atoms with E-state index in [0.29, 0.717) is 10.9 Å². The van der Waals surface area contributed by atoms with Crippen LogP contribution in [0.3, 0.4) is 0 Å². The summed E-state index contributed by atoms with van der Waals surface area (Å²) < 4.78 is 5.02. The van der Waals surface area contributed by atoms with Crippen LogP contribution >= 0.6 is 22.9 Å². The zero-order valence-corrected chi connectivity index (χ0v) is 11.4. The Balaban J connectivity index is 2.39. The van der Waals surface area contributed by atoms with Crippen LogP contribution in [0.5, 0.6) is 5.88 Å². The van der Waals surface area contributed by atoms with Crippen molar-refractivity contribution in [2.24, 2.45) is 0 Å². The van der Waals surface area contributed by atoms with Crippen molar-refractivity contribution in [2.45, 2.75) is 0 Å². The number of anilines is 1. The fraction of sp³-hybridized carbons (Fsp3) is 0.250. The summed E-state index contributed by atoms with van der Waals surface area (Å²) in [5.41, 5.74) is 1.88. The van der Waals surface area contributed by atoms with Gasteiger partial charge in [0, 0.05) is 31.9 Å². The zero-order valence-electron chi connectivity index (χ0n) is 9.82. The highest BCUT2D eigenvalue weighted by Gasteiger charge is 2.13. The molecule has 5 heteroatoms. The van der Waals surface area contributed by atoms with Crippen molar-refractivity contribution in [3.05, 3.63) is 28.7 Å². The van der Waals surface area contributed by atoms with Crippen LogP contribution in [0, 0.1) is 5.38 Å². The van der Waals surface area contributed by atoms with E-state index in [1.807, 2.05) is 31.1 Å². The summed E-state index contributed by atoms with van der Waals surface area (Å²) >= 11 is 7.80. The van der Waals surface area contributed by atoms with Crippen molar-refractivity contribution >= 4 is 28.6 Å². The van der Waals surface area contributed by atoms with Gasteiger partial charge in [-0.3, -0.25) is 0 Å². The summed E-state index contributed by atoms with van der Waals surface area (Å²) in [6.07, 6.45) is 1.75. The number of ether oxygens (including phenoxy) is 1. The minimum Gasteiger partial charge on any atom is -0.481 e. The summed E-state index contributed by atoms with van der Waals surface area (Å²) in [5, 5.41) is 3.89. The summed E-state index contributed by atoms with van der Waals surface area (Å²) in [5.74, 6) is 0.596. The molecule has 0 saturated carbocycles. The molecule has 2 aromatic heterocycles. The Bertz CT molecular complexity index is 508. The zero-order chi connectivity index (χ0) is 12.4. The van der Waals surface area contributed by atoms with Crippen LogP contribution in [0.4, 0.5) is 5.69 Å². The van der Waals surface area contributed by atoms with Crippen molar-refractivity contribution in [1.82, 2.24) is 4.98 Å². The van der Waals surface area contributed by atoms with Gasteiger partial charge in [0.2, 0.25) is 5.88 Å². The van der Waals surface area contributed by atoms with Gasteiger partial charge in [-0.2, -0.15) is 0 Å². The average molecular weight is 268 g/mol. The minimum atomic E-state index is 0.596. The molecule has 2 aromatic rings. The molecule has 0 N–H and O–H groups in total. The largest absolute Gasteiger partial charge is 0.481 e. The van der Waals surface area contributed by atoms with Crippen LogP contribution in [0.15, 0.2) is 18.3 Å². The highest BCUT2D eigenvalue weighted by atomic mass is 35.5. The second-order valence-corrected chi connectivity index (χ2v) is 4.87. The van der Waals surface area contributed by atoms with Gasteiger partial charge in [0.25, 0.3) is 0 Å². The monoisotopic (exact) mass is 267 g/mol. The molecule has 0 amide bonds. The molecule has 0 saturated heterocycles. The predicted molar refractivity (Wildman–Crippen MR) is 72.3 cm³/mol. The summed E-state index contributed by atoms with van der Waals surface area (Å²) in [6, 6.07) is 3.76. The predicted octanol–water partition coefficient (Wildman–Crippen LogP) is 3.34. The molecule has 0 unspecified atom stereocenters. The third-order valence-corrected chi connectivity index (χ3v) is 3.73. The average Bonchev–Trinajstić information content (AvgIpc) is 2.71. The van der Waals surface area contributed by atoms with Crippen LogP contribution in [-0.4, -0.2) is 26.2 Å². The Morgan fingerprint density at radius 1 is 1.41 bits per heavy atom. The number of aromatic nitrogens is 1. The molecule has 17 heavy (non-hydrogen) atoms. The quantitative estimate of drug-likeness (QED) is 0.853. The first-order valence-corrected chi connectivity index (χ1v) is 6.20. The van der Waals surface area contributed by atoms with Gasteiger partial charge in [-0.1, -0.05) is 11.6 Å². The smallest absolute Gasteiger partial charge is 0.212 e. The van der Waals surface area contributed by atoms with Crippen LogP contribution in [0.2, 0.25) is 5.02 Å². The highest BCUT2D eigenvalue weighted by molar-refractivity contribution is 7.14. The van der Waals surface area contributed by atoms with E-state index >= 15 is 0 Å². The lowest BCUT2D eigenvalue weighted by atomic mass is 10.2. The van der Waals surface area contributed by atoms with Gasteiger partial charge in [-0.05, 0) is 6.07 Å². The summed E-state index contributed by atoms with van der Waals surface area (Å²) in [4.78, 5) is 7.09. The lowest BCUT2D eigenvalue weighted by Crippen LogP contribution is -2.07. The van der Waals surface area contributed by atoms with Gasteiger partial charge < -0.3 is 9.64 Å². The van der Waals surface area contributed by atoms with E-state index < -0.39 is 0 Å². The number of hydrogen-bond donors (Lipinski definition) is 0. The molecule has 0 fully saturated rings. The van der Waals surface area contributed by atoms with Gasteiger partial charge in [-0.25, -0.2) is 4.98 Å². The van der Waals surface area contributed by atoms with Crippen LogP contribution in [-0.2, 0) is 0 Å². The van der Waals surface area contributed by atoms with Crippen molar-refractivity contribution in [3.63, 3.8) is 0 Å². The second kappa shape index (κ2) is 4.94. The molecular formula is C12H12ClN2OS.